The number of carbonyl (C=O) groups is 1. The summed E-state index contributed by atoms with van der Waals surface area (Å²) in [5, 5.41) is 6.62. The van der Waals surface area contributed by atoms with Gasteiger partial charge in [0.2, 0.25) is 0 Å². The summed E-state index contributed by atoms with van der Waals surface area (Å²) in [7, 11) is 5.24. The molecule has 2 rings (SSSR count). The van der Waals surface area contributed by atoms with Gasteiger partial charge in [0.25, 0.3) is 5.91 Å². The van der Waals surface area contributed by atoms with Gasteiger partial charge in [-0.05, 0) is 44.5 Å². The normalized spacial score (nSPS) is 11.7. The minimum absolute atomic E-state index is 0.00173. The molecular weight excluding hydrogens is 364 g/mol. The van der Waals surface area contributed by atoms with Crippen LogP contribution in [0.4, 0.5) is 0 Å². The number of nitrogens with one attached hydrogen (secondary N) is 2. The van der Waals surface area contributed by atoms with Gasteiger partial charge in [-0.3, -0.25) is 9.79 Å². The zero-order chi connectivity index (χ0) is 21.4. The molecule has 29 heavy (non-hydrogen) atoms. The first kappa shape index (κ1) is 22.3. The van der Waals surface area contributed by atoms with Crippen LogP contribution >= 0.6 is 0 Å². The molecule has 0 aliphatic rings. The molecule has 2 aromatic carbocycles. The Kier molecular flexibility index (Phi) is 7.65. The van der Waals surface area contributed by atoms with E-state index in [1.807, 2.05) is 69.3 Å². The Morgan fingerprint density at radius 1 is 1.00 bits per heavy atom. The largest absolute Gasteiger partial charge is 0.488 e. The van der Waals surface area contributed by atoms with Crippen molar-refractivity contribution >= 4 is 11.9 Å². The van der Waals surface area contributed by atoms with Crippen molar-refractivity contribution in [3.63, 3.8) is 0 Å². The third-order valence-electron chi connectivity index (χ3n) is 4.13. The van der Waals surface area contributed by atoms with E-state index in [1.165, 1.54) is 0 Å². The summed E-state index contributed by atoms with van der Waals surface area (Å²) < 4.78 is 6.04. The topological polar surface area (TPSA) is 66.0 Å². The van der Waals surface area contributed by atoms with E-state index in [0.29, 0.717) is 24.6 Å². The van der Waals surface area contributed by atoms with Gasteiger partial charge in [-0.2, -0.15) is 0 Å². The highest BCUT2D eigenvalue weighted by Gasteiger charge is 2.14. The Labute approximate surface area is 174 Å². The minimum Gasteiger partial charge on any atom is -0.488 e. The van der Waals surface area contributed by atoms with Gasteiger partial charge in [0, 0.05) is 45.4 Å². The summed E-state index contributed by atoms with van der Waals surface area (Å²) in [6, 6.07) is 15.6. The number of amides is 1. The van der Waals surface area contributed by atoms with Crippen molar-refractivity contribution in [3.05, 3.63) is 65.2 Å². The van der Waals surface area contributed by atoms with E-state index in [1.54, 1.807) is 26.0 Å². The second-order valence-corrected chi connectivity index (χ2v) is 8.00. The van der Waals surface area contributed by atoms with Crippen LogP contribution in [-0.4, -0.2) is 43.5 Å². The molecule has 0 radical (unpaired) electrons. The first-order chi connectivity index (χ1) is 13.7. The Morgan fingerprint density at radius 2 is 1.62 bits per heavy atom. The third kappa shape index (κ3) is 7.14. The molecule has 0 unspecified atom stereocenters. The Hall–Kier alpha value is -3.02. The molecule has 2 N–H and O–H groups in total. The molecule has 0 saturated heterocycles. The predicted molar refractivity (Wildman–Crippen MR) is 118 cm³/mol. The van der Waals surface area contributed by atoms with Gasteiger partial charge < -0.3 is 20.3 Å². The fourth-order valence-corrected chi connectivity index (χ4v) is 2.69. The average Bonchev–Trinajstić information content (AvgIpc) is 2.68. The SMILES string of the molecule is CN=C(NCc1ccc(C(=O)N(C)C)cc1)NCc1ccccc1OC(C)(C)C. The molecule has 1 amide bonds. The molecule has 6 nitrogen and oxygen atoms in total. The van der Waals surface area contributed by atoms with Crippen LogP contribution in [0.1, 0.15) is 42.3 Å². The minimum atomic E-state index is -0.254. The van der Waals surface area contributed by atoms with Gasteiger partial charge in [-0.25, -0.2) is 0 Å². The number of guanidine groups is 1. The monoisotopic (exact) mass is 396 g/mol. The second kappa shape index (κ2) is 9.96. The third-order valence-corrected chi connectivity index (χ3v) is 4.13. The van der Waals surface area contributed by atoms with Crippen molar-refractivity contribution in [3.8, 4) is 5.75 Å². The lowest BCUT2D eigenvalue weighted by Crippen LogP contribution is -2.36. The van der Waals surface area contributed by atoms with Crippen LogP contribution in [0.5, 0.6) is 5.75 Å². The van der Waals surface area contributed by atoms with Crippen LogP contribution in [0, 0.1) is 0 Å². The number of hydrogen-bond acceptors (Lipinski definition) is 3. The molecule has 0 aliphatic heterocycles. The fraction of sp³-hybridized carbons (Fsp3) is 0.391. The number of rotatable bonds is 6. The molecule has 0 heterocycles. The molecule has 0 bridgehead atoms. The van der Waals surface area contributed by atoms with Crippen LogP contribution < -0.4 is 15.4 Å². The molecule has 0 atom stereocenters. The van der Waals surface area contributed by atoms with E-state index >= 15 is 0 Å². The molecule has 6 heteroatoms. The highest BCUT2D eigenvalue weighted by atomic mass is 16.5. The lowest BCUT2D eigenvalue weighted by atomic mass is 10.1. The standard InChI is InChI=1S/C23H32N4O2/c1-23(2,3)29-20-10-8-7-9-19(20)16-26-22(24-4)25-15-17-11-13-18(14-12-17)21(28)27(5)6/h7-14H,15-16H2,1-6H3,(H2,24,25,26). The lowest BCUT2D eigenvalue weighted by molar-refractivity contribution is 0.0827. The van der Waals surface area contributed by atoms with Crippen molar-refractivity contribution < 1.29 is 9.53 Å². The predicted octanol–water partition coefficient (Wildman–Crippen LogP) is 3.43. The molecule has 0 fully saturated rings. The summed E-state index contributed by atoms with van der Waals surface area (Å²) in [6.45, 7) is 7.32. The van der Waals surface area contributed by atoms with E-state index in [2.05, 4.69) is 15.6 Å². The number of carbonyl (C=O) groups excluding carboxylic acids is 1. The number of benzene rings is 2. The molecular formula is C23H32N4O2. The first-order valence-electron chi connectivity index (χ1n) is 9.71. The zero-order valence-electron chi connectivity index (χ0n) is 18.2. The summed E-state index contributed by atoms with van der Waals surface area (Å²) >= 11 is 0. The van der Waals surface area contributed by atoms with E-state index in [0.717, 1.165) is 16.9 Å². The van der Waals surface area contributed by atoms with E-state index in [4.69, 9.17) is 4.74 Å². The number of aliphatic imine (C=N–C) groups is 1. The Morgan fingerprint density at radius 3 is 2.21 bits per heavy atom. The van der Waals surface area contributed by atoms with Crippen molar-refractivity contribution in [2.24, 2.45) is 4.99 Å². The fourth-order valence-electron chi connectivity index (χ4n) is 2.69. The van der Waals surface area contributed by atoms with Crippen LogP contribution in [-0.2, 0) is 13.1 Å². The summed E-state index contributed by atoms with van der Waals surface area (Å²) in [5.41, 5.74) is 2.56. The zero-order valence-corrected chi connectivity index (χ0v) is 18.2. The Balaban J connectivity index is 1.93. The van der Waals surface area contributed by atoms with Crippen molar-refractivity contribution in [1.82, 2.24) is 15.5 Å². The second-order valence-electron chi connectivity index (χ2n) is 8.00. The smallest absolute Gasteiger partial charge is 0.253 e. The van der Waals surface area contributed by atoms with E-state index in [9.17, 15) is 4.79 Å². The maximum Gasteiger partial charge on any atom is 0.253 e. The van der Waals surface area contributed by atoms with Gasteiger partial charge in [0.15, 0.2) is 5.96 Å². The molecule has 0 aliphatic carbocycles. The summed E-state index contributed by atoms with van der Waals surface area (Å²) in [5.74, 6) is 1.56. The van der Waals surface area contributed by atoms with Gasteiger partial charge in [-0.15, -0.1) is 0 Å². The molecule has 0 saturated carbocycles. The maximum absolute atomic E-state index is 12.0. The van der Waals surface area contributed by atoms with E-state index in [-0.39, 0.29) is 11.5 Å². The first-order valence-corrected chi connectivity index (χ1v) is 9.71. The summed E-state index contributed by atoms with van der Waals surface area (Å²) in [4.78, 5) is 17.8. The lowest BCUT2D eigenvalue weighted by Gasteiger charge is -2.23. The van der Waals surface area contributed by atoms with Crippen LogP contribution in [0.15, 0.2) is 53.5 Å². The molecule has 156 valence electrons. The number of ether oxygens (including phenoxy) is 1. The highest BCUT2D eigenvalue weighted by Crippen LogP contribution is 2.22. The van der Waals surface area contributed by atoms with Gasteiger partial charge in [0.1, 0.15) is 11.4 Å². The molecule has 0 aromatic heterocycles. The van der Waals surface area contributed by atoms with E-state index < -0.39 is 0 Å². The number of nitrogens with zero attached hydrogens (tertiary/aromatic N) is 2. The van der Waals surface area contributed by atoms with Crippen molar-refractivity contribution in [1.29, 1.82) is 0 Å². The van der Waals surface area contributed by atoms with Crippen LogP contribution in [0.3, 0.4) is 0 Å². The quantitative estimate of drug-likeness (QED) is 0.580. The summed E-state index contributed by atoms with van der Waals surface area (Å²) in [6.07, 6.45) is 0. The van der Waals surface area contributed by atoms with Crippen molar-refractivity contribution in [2.75, 3.05) is 21.1 Å². The number of hydrogen-bond donors (Lipinski definition) is 2. The number of para-hydroxylation sites is 1. The van der Waals surface area contributed by atoms with Crippen LogP contribution in [0.25, 0.3) is 0 Å². The van der Waals surface area contributed by atoms with Gasteiger partial charge >= 0.3 is 0 Å². The van der Waals surface area contributed by atoms with Crippen molar-refractivity contribution in [2.45, 2.75) is 39.5 Å². The highest BCUT2D eigenvalue weighted by molar-refractivity contribution is 5.93. The molecule has 2 aromatic rings. The Bertz CT molecular complexity index is 837. The molecule has 0 spiro atoms. The maximum atomic E-state index is 12.0. The van der Waals surface area contributed by atoms with Gasteiger partial charge in [-0.1, -0.05) is 30.3 Å². The average molecular weight is 397 g/mol. The van der Waals surface area contributed by atoms with Gasteiger partial charge in [0.05, 0.1) is 0 Å². The van der Waals surface area contributed by atoms with Crippen LogP contribution in [0.2, 0.25) is 0 Å².